The Balaban J connectivity index is 1.45. The zero-order valence-corrected chi connectivity index (χ0v) is 19.2. The number of carbonyl (C=O) groups excluding carboxylic acids is 1. The third-order valence-electron chi connectivity index (χ3n) is 4.94. The van der Waals surface area contributed by atoms with E-state index in [1.807, 2.05) is 18.2 Å². The van der Waals surface area contributed by atoms with Gasteiger partial charge in [-0.05, 0) is 56.2 Å². The first-order valence-corrected chi connectivity index (χ1v) is 12.6. The highest BCUT2D eigenvalue weighted by Gasteiger charge is 2.19. The lowest BCUT2D eigenvalue weighted by atomic mass is 10.2. The molecule has 0 unspecified atom stereocenters. The van der Waals surface area contributed by atoms with Crippen LogP contribution in [0, 0.1) is 6.92 Å². The molecule has 2 N–H and O–H groups in total. The largest absolute Gasteiger partial charge is 0.321 e. The molecule has 3 heterocycles. The molecule has 4 rings (SSSR count). The Labute approximate surface area is 190 Å². The maximum Gasteiger partial charge on any atom is 0.267 e. The van der Waals surface area contributed by atoms with E-state index in [4.69, 9.17) is 0 Å². The highest BCUT2D eigenvalue weighted by atomic mass is 32.2. The van der Waals surface area contributed by atoms with Gasteiger partial charge in [0.1, 0.15) is 15.7 Å². The van der Waals surface area contributed by atoms with Crippen molar-refractivity contribution in [3.63, 3.8) is 0 Å². The minimum atomic E-state index is -3.72. The number of aryl methyl sites for hydroxylation is 1. The van der Waals surface area contributed by atoms with Gasteiger partial charge in [-0.25, -0.2) is 13.4 Å². The Morgan fingerprint density at radius 2 is 1.88 bits per heavy atom. The molecule has 0 atom stereocenters. The van der Waals surface area contributed by atoms with E-state index in [-0.39, 0.29) is 10.8 Å². The number of thiazole rings is 1. The van der Waals surface area contributed by atoms with Gasteiger partial charge in [0.05, 0.1) is 16.3 Å². The fourth-order valence-electron chi connectivity index (χ4n) is 3.28. The number of amidine groups is 1. The molecule has 1 amide bonds. The smallest absolute Gasteiger partial charge is 0.267 e. The van der Waals surface area contributed by atoms with E-state index in [2.05, 4.69) is 25.0 Å². The number of aliphatic imine (C=N–C) groups is 1. The molecule has 0 spiro atoms. The number of hydrogen-bond acceptors (Lipinski definition) is 7. The second kappa shape index (κ2) is 9.58. The number of aromatic nitrogens is 2. The molecule has 0 fully saturated rings. The second-order valence-electron chi connectivity index (χ2n) is 7.37. The third kappa shape index (κ3) is 5.20. The van der Waals surface area contributed by atoms with Crippen LogP contribution in [0.2, 0.25) is 0 Å². The molecule has 8 nitrogen and oxygen atoms in total. The molecule has 0 radical (unpaired) electrons. The van der Waals surface area contributed by atoms with E-state index in [9.17, 15) is 13.2 Å². The Bertz CT molecular complexity index is 1240. The van der Waals surface area contributed by atoms with Crippen LogP contribution in [0.15, 0.2) is 58.5 Å². The fourth-order valence-corrected chi connectivity index (χ4v) is 5.31. The fraction of sp³-hybridized carbons (Fsp3) is 0.273. The zero-order valence-electron chi connectivity index (χ0n) is 17.5. The lowest BCUT2D eigenvalue weighted by Crippen LogP contribution is -2.30. The summed E-state index contributed by atoms with van der Waals surface area (Å²) >= 11 is 1.26. The summed E-state index contributed by atoms with van der Waals surface area (Å²) in [5.74, 6) is 0.202. The van der Waals surface area contributed by atoms with Crippen molar-refractivity contribution < 1.29 is 13.2 Å². The van der Waals surface area contributed by atoms with Gasteiger partial charge >= 0.3 is 0 Å². The molecule has 0 bridgehead atoms. The molecule has 32 heavy (non-hydrogen) atoms. The van der Waals surface area contributed by atoms with Gasteiger partial charge in [0, 0.05) is 24.8 Å². The Morgan fingerprint density at radius 1 is 1.06 bits per heavy atom. The number of nitrogens with zero attached hydrogens (tertiary/aromatic N) is 3. The van der Waals surface area contributed by atoms with Gasteiger partial charge in [-0.2, -0.15) is 0 Å². The van der Waals surface area contributed by atoms with Crippen molar-refractivity contribution in [2.45, 2.75) is 37.5 Å². The van der Waals surface area contributed by atoms with E-state index >= 15 is 0 Å². The first-order valence-electron chi connectivity index (χ1n) is 10.3. The summed E-state index contributed by atoms with van der Waals surface area (Å²) in [5.41, 5.74) is 1.81. The number of carbonyl (C=O) groups is 1. The Hall–Kier alpha value is -3.11. The summed E-state index contributed by atoms with van der Waals surface area (Å²) in [6.45, 7) is 2.41. The molecular weight excluding hydrogens is 446 g/mol. The first-order chi connectivity index (χ1) is 15.4. The van der Waals surface area contributed by atoms with Gasteiger partial charge in [0.15, 0.2) is 0 Å². The van der Waals surface area contributed by atoms with Crippen molar-refractivity contribution in [2.24, 2.45) is 4.99 Å². The van der Waals surface area contributed by atoms with Crippen LogP contribution in [-0.4, -0.2) is 36.7 Å². The van der Waals surface area contributed by atoms with Crippen LogP contribution in [0.1, 0.15) is 41.0 Å². The minimum absolute atomic E-state index is 0.119. The number of hydrogen-bond donors (Lipinski definition) is 2. The van der Waals surface area contributed by atoms with Gasteiger partial charge in [0.2, 0.25) is 0 Å². The number of pyridine rings is 1. The average Bonchev–Trinajstić information content (AvgIpc) is 3.00. The summed E-state index contributed by atoms with van der Waals surface area (Å²) in [6, 6.07) is 11.6. The molecular formula is C22H23N5O3S2. The predicted molar refractivity (Wildman–Crippen MR) is 126 cm³/mol. The number of anilines is 1. The van der Waals surface area contributed by atoms with Crippen molar-refractivity contribution in [3.8, 4) is 10.7 Å². The van der Waals surface area contributed by atoms with Gasteiger partial charge in [-0.1, -0.05) is 12.5 Å². The number of benzene rings is 1. The van der Waals surface area contributed by atoms with E-state index < -0.39 is 10.0 Å². The van der Waals surface area contributed by atoms with Gasteiger partial charge < -0.3 is 5.32 Å². The van der Waals surface area contributed by atoms with Crippen molar-refractivity contribution in [2.75, 3.05) is 11.9 Å². The average molecular weight is 470 g/mol. The standard InChI is InChI=1S/C22H23N5O3S2/c1-15-20(31-22(25-15)18-7-4-6-13-23-18)21(28)26-16-9-11-17(12-10-16)32(29,30)27-19-8-3-2-5-14-24-19/h4,6-7,9-13H,2-3,5,8,14H2,1H3,(H,24,27)(H,26,28). The van der Waals surface area contributed by atoms with Crippen LogP contribution in [0.4, 0.5) is 5.69 Å². The Kier molecular flexibility index (Phi) is 6.61. The van der Waals surface area contributed by atoms with Crippen LogP contribution in [0.25, 0.3) is 10.7 Å². The minimum Gasteiger partial charge on any atom is -0.321 e. The number of rotatable bonds is 5. The van der Waals surface area contributed by atoms with E-state index in [0.29, 0.717) is 45.8 Å². The predicted octanol–water partition coefficient (Wildman–Crippen LogP) is 4.02. The quantitative estimate of drug-likeness (QED) is 0.586. The van der Waals surface area contributed by atoms with Crippen LogP contribution in [0.3, 0.4) is 0 Å². The van der Waals surface area contributed by atoms with E-state index in [1.165, 1.54) is 23.5 Å². The van der Waals surface area contributed by atoms with Crippen molar-refractivity contribution in [1.82, 2.24) is 14.7 Å². The van der Waals surface area contributed by atoms with Crippen LogP contribution in [-0.2, 0) is 10.0 Å². The highest BCUT2D eigenvalue weighted by molar-refractivity contribution is 7.90. The second-order valence-corrected chi connectivity index (χ2v) is 10.1. The molecule has 10 heteroatoms. The van der Waals surface area contributed by atoms with E-state index in [0.717, 1.165) is 19.3 Å². The van der Waals surface area contributed by atoms with Crippen LogP contribution < -0.4 is 10.0 Å². The molecule has 0 saturated carbocycles. The third-order valence-corrected chi connectivity index (χ3v) is 7.51. The maximum atomic E-state index is 12.7. The maximum absolute atomic E-state index is 12.7. The number of nitrogens with one attached hydrogen (secondary N) is 2. The number of amides is 1. The molecule has 1 aromatic carbocycles. The van der Waals surface area contributed by atoms with Crippen molar-refractivity contribution in [3.05, 3.63) is 59.2 Å². The SMILES string of the molecule is Cc1nc(-c2ccccn2)sc1C(=O)Nc1ccc(S(=O)(=O)NC2=NCCCCC2)cc1. The molecule has 1 aliphatic rings. The molecule has 166 valence electrons. The van der Waals surface area contributed by atoms with Gasteiger partial charge in [0.25, 0.3) is 15.9 Å². The highest BCUT2D eigenvalue weighted by Crippen LogP contribution is 2.27. The number of sulfonamides is 1. The lowest BCUT2D eigenvalue weighted by Gasteiger charge is -2.10. The van der Waals surface area contributed by atoms with Gasteiger partial charge in [-0.3, -0.25) is 19.5 Å². The summed E-state index contributed by atoms with van der Waals surface area (Å²) in [7, 11) is -3.72. The monoisotopic (exact) mass is 469 g/mol. The summed E-state index contributed by atoms with van der Waals surface area (Å²) in [4.78, 5) is 26.4. The van der Waals surface area contributed by atoms with E-state index in [1.54, 1.807) is 25.3 Å². The van der Waals surface area contributed by atoms with Gasteiger partial charge in [-0.15, -0.1) is 11.3 Å². The molecule has 0 aliphatic carbocycles. The molecule has 0 saturated heterocycles. The molecule has 3 aromatic rings. The first kappa shape index (κ1) is 22.1. The topological polar surface area (TPSA) is 113 Å². The molecule has 1 aliphatic heterocycles. The summed E-state index contributed by atoms with van der Waals surface area (Å²) < 4.78 is 27.9. The van der Waals surface area contributed by atoms with Crippen LogP contribution in [0.5, 0.6) is 0 Å². The summed E-state index contributed by atoms with van der Waals surface area (Å²) in [6.07, 6.45) is 5.25. The zero-order chi connectivity index (χ0) is 22.6. The lowest BCUT2D eigenvalue weighted by molar-refractivity contribution is 0.103. The van der Waals surface area contributed by atoms with Crippen molar-refractivity contribution in [1.29, 1.82) is 0 Å². The Morgan fingerprint density at radius 3 is 2.62 bits per heavy atom. The summed E-state index contributed by atoms with van der Waals surface area (Å²) in [5, 5.41) is 3.47. The van der Waals surface area contributed by atoms with Crippen molar-refractivity contribution >= 4 is 38.8 Å². The molecule has 2 aromatic heterocycles. The van der Waals surface area contributed by atoms with Crippen LogP contribution >= 0.6 is 11.3 Å². The normalized spacial score (nSPS) is 14.3.